The normalized spacial score (nSPS) is 14.2. The quantitative estimate of drug-likeness (QED) is 0.436. The summed E-state index contributed by atoms with van der Waals surface area (Å²) in [5, 5.41) is 0. The van der Waals surface area contributed by atoms with E-state index in [0.29, 0.717) is 0 Å². The Balaban J connectivity index is 1.82. The molecule has 3 aromatic rings. The summed E-state index contributed by atoms with van der Waals surface area (Å²) in [7, 11) is 4.67. The van der Waals surface area contributed by atoms with E-state index in [-0.39, 0.29) is 11.8 Å². The molecule has 0 saturated heterocycles. The van der Waals surface area contributed by atoms with Crippen LogP contribution in [0.1, 0.15) is 5.56 Å². The summed E-state index contributed by atoms with van der Waals surface area (Å²) < 4.78 is 20.5. The Kier molecular flexibility index (Phi) is 5.71. The van der Waals surface area contributed by atoms with Crippen molar-refractivity contribution in [1.82, 2.24) is 0 Å². The molecule has 0 aromatic heterocycles. The number of benzene rings is 3. The minimum atomic E-state index is -0.549. The van der Waals surface area contributed by atoms with Crippen LogP contribution in [0.5, 0.6) is 11.5 Å². The summed E-state index contributed by atoms with van der Waals surface area (Å²) in [4.78, 5) is 16.3. The van der Waals surface area contributed by atoms with Crippen molar-refractivity contribution in [2.45, 2.75) is 0 Å². The van der Waals surface area contributed by atoms with Gasteiger partial charge in [0, 0.05) is 0 Å². The van der Waals surface area contributed by atoms with Gasteiger partial charge in [0.1, 0.15) is 11.5 Å². The van der Waals surface area contributed by atoms with E-state index < -0.39 is 5.97 Å². The van der Waals surface area contributed by atoms with Gasteiger partial charge >= 0.3 is 12.1 Å². The summed E-state index contributed by atoms with van der Waals surface area (Å²) in [5.41, 5.74) is 4.95. The van der Waals surface area contributed by atoms with Crippen molar-refractivity contribution >= 4 is 18.1 Å². The first-order valence-corrected chi connectivity index (χ1v) is 9.60. The predicted octanol–water partition coefficient (Wildman–Crippen LogP) is 4.94. The van der Waals surface area contributed by atoms with Gasteiger partial charge in [0.25, 0.3) is 0 Å². The monoisotopic (exact) mass is 415 g/mol. The lowest BCUT2D eigenvalue weighted by molar-refractivity contribution is -0.131. The fourth-order valence-electron chi connectivity index (χ4n) is 3.30. The highest BCUT2D eigenvalue weighted by molar-refractivity contribution is 6.05. The number of nitrogens with zero attached hydrogens (tertiary/aromatic N) is 1. The SMILES string of the molecule is COC1=N/C(=C/c2cc(-c3ccc(OC)cc3)ccc2-c2ccc(OC)cc2)C(=O)O1. The van der Waals surface area contributed by atoms with E-state index in [2.05, 4.69) is 4.99 Å². The molecule has 3 aromatic carbocycles. The van der Waals surface area contributed by atoms with E-state index in [1.165, 1.54) is 7.11 Å². The zero-order chi connectivity index (χ0) is 21.8. The van der Waals surface area contributed by atoms with Crippen LogP contribution in [0.15, 0.2) is 77.4 Å². The van der Waals surface area contributed by atoms with Crippen LogP contribution in [0.4, 0.5) is 0 Å². The van der Waals surface area contributed by atoms with E-state index in [1.807, 2.05) is 66.7 Å². The molecule has 0 atom stereocenters. The first-order valence-electron chi connectivity index (χ1n) is 9.60. The van der Waals surface area contributed by atoms with Gasteiger partial charge in [-0.3, -0.25) is 0 Å². The summed E-state index contributed by atoms with van der Waals surface area (Å²) in [6.45, 7) is 0. The molecule has 0 saturated carbocycles. The molecule has 0 amide bonds. The van der Waals surface area contributed by atoms with E-state index in [4.69, 9.17) is 18.9 Å². The number of ether oxygens (including phenoxy) is 4. The summed E-state index contributed by atoms with van der Waals surface area (Å²) in [5.74, 6) is 1.01. The van der Waals surface area contributed by atoms with Gasteiger partial charge in [-0.2, -0.15) is 4.99 Å². The number of carbonyl (C=O) groups is 1. The van der Waals surface area contributed by atoms with Gasteiger partial charge in [-0.05, 0) is 64.2 Å². The maximum Gasteiger partial charge on any atom is 0.397 e. The molecule has 31 heavy (non-hydrogen) atoms. The fraction of sp³-hybridized carbons (Fsp3) is 0.120. The molecule has 156 valence electrons. The summed E-state index contributed by atoms with van der Waals surface area (Å²) >= 11 is 0. The number of hydrogen-bond acceptors (Lipinski definition) is 6. The Morgan fingerprint density at radius 3 is 1.87 bits per heavy atom. The maximum absolute atomic E-state index is 12.2. The van der Waals surface area contributed by atoms with Crippen molar-refractivity contribution in [3.05, 3.63) is 78.0 Å². The Bertz CT molecular complexity index is 1160. The summed E-state index contributed by atoms with van der Waals surface area (Å²) in [6, 6.07) is 21.6. The Morgan fingerprint density at radius 2 is 1.32 bits per heavy atom. The first-order chi connectivity index (χ1) is 15.1. The van der Waals surface area contributed by atoms with Gasteiger partial charge in [-0.15, -0.1) is 0 Å². The molecule has 1 aliphatic heterocycles. The maximum atomic E-state index is 12.2. The fourth-order valence-corrected chi connectivity index (χ4v) is 3.30. The molecule has 0 fully saturated rings. The number of aliphatic imine (C=N–C) groups is 1. The molecule has 1 aliphatic rings. The van der Waals surface area contributed by atoms with Crippen molar-refractivity contribution in [2.75, 3.05) is 21.3 Å². The van der Waals surface area contributed by atoms with Crippen LogP contribution in [0.3, 0.4) is 0 Å². The number of rotatable bonds is 5. The van der Waals surface area contributed by atoms with Crippen molar-refractivity contribution in [3.8, 4) is 33.8 Å². The van der Waals surface area contributed by atoms with Crippen LogP contribution in [0, 0.1) is 0 Å². The van der Waals surface area contributed by atoms with E-state index in [0.717, 1.165) is 39.3 Å². The van der Waals surface area contributed by atoms with Crippen LogP contribution in [-0.4, -0.2) is 33.4 Å². The van der Waals surface area contributed by atoms with Crippen molar-refractivity contribution in [1.29, 1.82) is 0 Å². The third-order valence-corrected chi connectivity index (χ3v) is 4.94. The second-order valence-corrected chi connectivity index (χ2v) is 6.76. The summed E-state index contributed by atoms with van der Waals surface area (Å²) in [6.07, 6.45) is 1.65. The smallest absolute Gasteiger partial charge is 0.397 e. The highest BCUT2D eigenvalue weighted by Gasteiger charge is 2.24. The Hall–Kier alpha value is -4.06. The molecule has 0 bridgehead atoms. The number of hydrogen-bond donors (Lipinski definition) is 0. The molecule has 6 heteroatoms. The molecule has 6 nitrogen and oxygen atoms in total. The van der Waals surface area contributed by atoms with Crippen molar-refractivity contribution < 1.29 is 23.7 Å². The van der Waals surface area contributed by atoms with Gasteiger partial charge in [0.15, 0.2) is 5.70 Å². The lowest BCUT2D eigenvalue weighted by Crippen LogP contribution is -2.05. The van der Waals surface area contributed by atoms with Gasteiger partial charge in [0.05, 0.1) is 21.3 Å². The zero-order valence-electron chi connectivity index (χ0n) is 17.4. The highest BCUT2D eigenvalue weighted by atomic mass is 16.7. The lowest BCUT2D eigenvalue weighted by atomic mass is 9.94. The molecular weight excluding hydrogens is 394 g/mol. The second kappa shape index (κ2) is 8.75. The average Bonchev–Trinajstić information content (AvgIpc) is 3.18. The molecule has 0 N–H and O–H groups in total. The van der Waals surface area contributed by atoms with Crippen LogP contribution in [0.2, 0.25) is 0 Å². The minimum Gasteiger partial charge on any atom is -0.497 e. The molecular formula is C25H21NO5. The van der Waals surface area contributed by atoms with E-state index >= 15 is 0 Å². The molecule has 0 aliphatic carbocycles. The third kappa shape index (κ3) is 4.28. The predicted molar refractivity (Wildman–Crippen MR) is 119 cm³/mol. The number of carbonyl (C=O) groups excluding carboxylic acids is 1. The average molecular weight is 415 g/mol. The van der Waals surface area contributed by atoms with E-state index in [1.54, 1.807) is 20.3 Å². The minimum absolute atomic E-state index is 0.0615. The Morgan fingerprint density at radius 1 is 0.742 bits per heavy atom. The largest absolute Gasteiger partial charge is 0.497 e. The van der Waals surface area contributed by atoms with Crippen LogP contribution >= 0.6 is 0 Å². The second-order valence-electron chi connectivity index (χ2n) is 6.76. The molecule has 0 radical (unpaired) electrons. The molecule has 4 rings (SSSR count). The van der Waals surface area contributed by atoms with Gasteiger partial charge in [-0.25, -0.2) is 4.79 Å². The van der Waals surface area contributed by atoms with Crippen molar-refractivity contribution in [3.63, 3.8) is 0 Å². The lowest BCUT2D eigenvalue weighted by Gasteiger charge is -2.11. The number of esters is 1. The van der Waals surface area contributed by atoms with Gasteiger partial charge < -0.3 is 18.9 Å². The van der Waals surface area contributed by atoms with Crippen LogP contribution in [0.25, 0.3) is 28.3 Å². The topological polar surface area (TPSA) is 66.3 Å². The standard InChI is InChI=1S/C25H21NO5/c1-28-20-9-4-16(5-10-20)18-8-13-22(17-6-11-21(29-2)12-7-17)19(14-18)15-23-24(27)31-25(26-23)30-3/h4-15H,1-3H3/b23-15+. The zero-order valence-corrected chi connectivity index (χ0v) is 17.4. The highest BCUT2D eigenvalue weighted by Crippen LogP contribution is 2.33. The van der Waals surface area contributed by atoms with Crippen LogP contribution < -0.4 is 9.47 Å². The third-order valence-electron chi connectivity index (χ3n) is 4.94. The van der Waals surface area contributed by atoms with Gasteiger partial charge in [0.2, 0.25) is 0 Å². The van der Waals surface area contributed by atoms with Crippen molar-refractivity contribution in [2.24, 2.45) is 4.99 Å². The Labute approximate surface area is 180 Å². The first kappa shape index (κ1) is 20.2. The molecule has 0 spiro atoms. The van der Waals surface area contributed by atoms with Gasteiger partial charge in [-0.1, -0.05) is 36.4 Å². The molecule has 1 heterocycles. The number of cyclic esters (lactones) is 1. The number of methoxy groups -OCH3 is 3. The van der Waals surface area contributed by atoms with Crippen LogP contribution in [-0.2, 0) is 14.3 Å². The van der Waals surface area contributed by atoms with E-state index in [9.17, 15) is 4.79 Å². The molecule has 0 unspecified atom stereocenters.